The summed E-state index contributed by atoms with van der Waals surface area (Å²) in [5.41, 5.74) is 0. The molecule has 8 unspecified atom stereocenters. The number of rotatable bonds is 27. The van der Waals surface area contributed by atoms with Gasteiger partial charge < -0.3 is 45.4 Å². The van der Waals surface area contributed by atoms with E-state index in [2.05, 4.69) is 25.2 Å². The molecule has 0 aromatic rings. The van der Waals surface area contributed by atoms with Crippen LogP contribution in [0.5, 0.6) is 0 Å². The summed E-state index contributed by atoms with van der Waals surface area (Å²) in [6, 6.07) is -0.901. The highest BCUT2D eigenvalue weighted by Gasteiger charge is 2.44. The minimum atomic E-state index is -1.60. The number of hydrogen-bond acceptors (Lipinski definition) is 9. The largest absolute Gasteiger partial charge is 0.394 e. The highest BCUT2D eigenvalue weighted by molar-refractivity contribution is 5.80. The summed E-state index contributed by atoms with van der Waals surface area (Å²) in [4.78, 5) is 12.8. The maximum absolute atomic E-state index is 12.8. The zero-order chi connectivity index (χ0) is 32.6. The molecule has 7 N–H and O–H groups in total. The first-order valence-corrected chi connectivity index (χ1v) is 17.5. The van der Waals surface area contributed by atoms with Crippen LogP contribution >= 0.6 is 0 Å². The zero-order valence-corrected chi connectivity index (χ0v) is 27.5. The molecule has 1 heterocycles. The van der Waals surface area contributed by atoms with Crippen molar-refractivity contribution < 1.29 is 44.9 Å². The first-order chi connectivity index (χ1) is 21.3. The number of amides is 1. The van der Waals surface area contributed by atoms with Crippen molar-refractivity contribution in [2.75, 3.05) is 13.2 Å². The molecule has 44 heavy (non-hydrogen) atoms. The van der Waals surface area contributed by atoms with Gasteiger partial charge in [-0.15, -0.1) is 0 Å². The summed E-state index contributed by atoms with van der Waals surface area (Å²) < 4.78 is 11.1. The molecule has 260 valence electrons. The Balaban J connectivity index is 2.58. The van der Waals surface area contributed by atoms with Gasteiger partial charge in [-0.3, -0.25) is 4.79 Å². The second-order valence-electron chi connectivity index (χ2n) is 12.5. The monoisotopic (exact) mass is 631 g/mol. The molecule has 0 aromatic carbocycles. The highest BCUT2D eigenvalue weighted by Crippen LogP contribution is 2.23. The molecule has 1 amide bonds. The van der Waals surface area contributed by atoms with E-state index in [1.807, 2.05) is 6.08 Å². The zero-order valence-electron chi connectivity index (χ0n) is 27.5. The van der Waals surface area contributed by atoms with E-state index in [1.54, 1.807) is 0 Å². The van der Waals surface area contributed by atoms with Crippen LogP contribution in [0.4, 0.5) is 0 Å². The van der Waals surface area contributed by atoms with E-state index in [-0.39, 0.29) is 13.0 Å². The summed E-state index contributed by atoms with van der Waals surface area (Å²) in [5, 5.41) is 64.0. The number of carbonyl (C=O) groups is 1. The van der Waals surface area contributed by atoms with Crippen molar-refractivity contribution in [3.05, 3.63) is 12.2 Å². The minimum absolute atomic E-state index is 0.242. The van der Waals surface area contributed by atoms with Gasteiger partial charge in [0.05, 0.1) is 25.4 Å². The third-order valence-electron chi connectivity index (χ3n) is 8.48. The van der Waals surface area contributed by atoms with Gasteiger partial charge in [-0.1, -0.05) is 116 Å². The molecule has 0 aromatic heterocycles. The molecule has 10 nitrogen and oxygen atoms in total. The summed E-state index contributed by atoms with van der Waals surface area (Å²) >= 11 is 0. The smallest absolute Gasteiger partial charge is 0.249 e. The van der Waals surface area contributed by atoms with Crippen LogP contribution < -0.4 is 5.32 Å². The van der Waals surface area contributed by atoms with Gasteiger partial charge in [0, 0.05) is 0 Å². The van der Waals surface area contributed by atoms with Crippen LogP contribution in [0.2, 0.25) is 0 Å². The number of allylic oxidation sites excluding steroid dienone is 2. The Labute approximate surface area is 266 Å². The SMILES string of the molecule is CCCCCC/C=C\CCC(O)C(=O)NC(COC1OC(CO)C(O)C(O)C1O)C(O)CCCCCCCCCCCCC. The van der Waals surface area contributed by atoms with Gasteiger partial charge in [0.25, 0.3) is 0 Å². The highest BCUT2D eigenvalue weighted by atomic mass is 16.7. The van der Waals surface area contributed by atoms with Crippen LogP contribution in [0.15, 0.2) is 12.2 Å². The fraction of sp³-hybridized carbons (Fsp3) is 0.912. The second kappa shape index (κ2) is 26.0. The van der Waals surface area contributed by atoms with Gasteiger partial charge in [-0.2, -0.15) is 0 Å². The van der Waals surface area contributed by atoms with Gasteiger partial charge in [0.15, 0.2) is 6.29 Å². The molecule has 8 atom stereocenters. The Morgan fingerprint density at radius 2 is 1.30 bits per heavy atom. The summed E-state index contributed by atoms with van der Waals surface area (Å²) in [6.45, 7) is 3.54. The average Bonchev–Trinajstić information content (AvgIpc) is 3.02. The van der Waals surface area contributed by atoms with E-state index < -0.39 is 61.5 Å². The van der Waals surface area contributed by atoms with Crippen molar-refractivity contribution in [3.63, 3.8) is 0 Å². The Morgan fingerprint density at radius 3 is 1.89 bits per heavy atom. The lowest BCUT2D eigenvalue weighted by Crippen LogP contribution is -2.60. The van der Waals surface area contributed by atoms with Gasteiger partial charge in [-0.05, 0) is 32.1 Å². The van der Waals surface area contributed by atoms with Crippen molar-refractivity contribution in [2.24, 2.45) is 0 Å². The molecular weight excluding hydrogens is 566 g/mol. The van der Waals surface area contributed by atoms with Crippen molar-refractivity contribution in [1.29, 1.82) is 0 Å². The van der Waals surface area contributed by atoms with Crippen molar-refractivity contribution in [1.82, 2.24) is 5.32 Å². The molecule has 1 fully saturated rings. The normalized spacial score (nSPS) is 24.4. The molecule has 1 saturated heterocycles. The van der Waals surface area contributed by atoms with E-state index in [0.717, 1.165) is 38.5 Å². The fourth-order valence-corrected chi connectivity index (χ4v) is 5.46. The Hall–Kier alpha value is -1.11. The molecule has 1 aliphatic heterocycles. The summed E-state index contributed by atoms with van der Waals surface area (Å²) in [5.74, 6) is -0.623. The number of carbonyl (C=O) groups excluding carboxylic acids is 1. The van der Waals surface area contributed by atoms with E-state index >= 15 is 0 Å². The van der Waals surface area contributed by atoms with E-state index in [0.29, 0.717) is 12.8 Å². The Kier molecular flexibility index (Phi) is 24.2. The van der Waals surface area contributed by atoms with Crippen molar-refractivity contribution >= 4 is 5.91 Å². The van der Waals surface area contributed by atoms with Crippen LogP contribution in [-0.2, 0) is 14.3 Å². The molecule has 0 radical (unpaired) electrons. The van der Waals surface area contributed by atoms with Gasteiger partial charge in [-0.25, -0.2) is 0 Å². The lowest BCUT2D eigenvalue weighted by atomic mass is 9.99. The minimum Gasteiger partial charge on any atom is -0.394 e. The number of unbranched alkanes of at least 4 members (excludes halogenated alkanes) is 14. The number of aliphatic hydroxyl groups is 6. The molecular formula is C34H65NO9. The number of ether oxygens (including phenoxy) is 2. The molecule has 0 spiro atoms. The maximum Gasteiger partial charge on any atom is 0.249 e. The average molecular weight is 632 g/mol. The first kappa shape index (κ1) is 40.9. The standard InChI is InChI=1S/C34H65NO9/c1-3-5-7-9-11-13-14-15-17-18-20-22-27(37)26(25-43-34-32(41)31(40)30(39)29(24-36)44-34)35-33(42)28(38)23-21-19-16-12-10-8-6-4-2/h16,19,26-32,34,36-41H,3-15,17-18,20-25H2,1-2H3,(H,35,42)/b19-16-. The van der Waals surface area contributed by atoms with Crippen LogP contribution in [-0.4, -0.2) is 98.7 Å². The predicted molar refractivity (Wildman–Crippen MR) is 172 cm³/mol. The summed E-state index contributed by atoms with van der Waals surface area (Å²) in [7, 11) is 0. The van der Waals surface area contributed by atoms with Crippen LogP contribution in [0.25, 0.3) is 0 Å². The van der Waals surface area contributed by atoms with Gasteiger partial charge in [0.2, 0.25) is 5.91 Å². The molecule has 1 aliphatic rings. The lowest BCUT2D eigenvalue weighted by molar-refractivity contribution is -0.302. The Bertz CT molecular complexity index is 723. The molecule has 0 aliphatic carbocycles. The van der Waals surface area contributed by atoms with E-state index in [4.69, 9.17) is 9.47 Å². The van der Waals surface area contributed by atoms with Crippen LogP contribution in [0.1, 0.15) is 136 Å². The number of aliphatic hydroxyl groups excluding tert-OH is 6. The van der Waals surface area contributed by atoms with Crippen molar-refractivity contribution in [3.8, 4) is 0 Å². The second-order valence-corrected chi connectivity index (χ2v) is 12.5. The van der Waals surface area contributed by atoms with E-state index in [1.165, 1.54) is 64.2 Å². The fourth-order valence-electron chi connectivity index (χ4n) is 5.46. The Morgan fingerprint density at radius 1 is 0.750 bits per heavy atom. The number of hydrogen-bond donors (Lipinski definition) is 7. The molecule has 10 heteroatoms. The van der Waals surface area contributed by atoms with Gasteiger partial charge in [0.1, 0.15) is 30.5 Å². The van der Waals surface area contributed by atoms with Crippen LogP contribution in [0.3, 0.4) is 0 Å². The molecule has 1 rings (SSSR count). The van der Waals surface area contributed by atoms with Gasteiger partial charge >= 0.3 is 0 Å². The third kappa shape index (κ3) is 17.5. The van der Waals surface area contributed by atoms with Crippen LogP contribution in [0, 0.1) is 0 Å². The topological polar surface area (TPSA) is 169 Å². The maximum atomic E-state index is 12.8. The molecule has 0 saturated carbocycles. The first-order valence-electron chi connectivity index (χ1n) is 17.5. The lowest BCUT2D eigenvalue weighted by Gasteiger charge is -2.40. The summed E-state index contributed by atoms with van der Waals surface area (Å²) in [6.07, 6.45) is 14.4. The van der Waals surface area contributed by atoms with Crippen molar-refractivity contribution in [2.45, 2.75) is 185 Å². The third-order valence-corrected chi connectivity index (χ3v) is 8.48. The predicted octanol–water partition coefficient (Wildman–Crippen LogP) is 4.02. The van der Waals surface area contributed by atoms with E-state index in [9.17, 15) is 35.4 Å². The quantitative estimate of drug-likeness (QED) is 0.0523. The number of nitrogens with one attached hydrogen (secondary N) is 1. The molecule has 0 bridgehead atoms.